The summed E-state index contributed by atoms with van der Waals surface area (Å²) in [6.45, 7) is 2.39. The standard InChI is InChI=1S/C19H22N6O2/c1-2-6-17-23-25(16-7-4-3-5-8-16)19(27)24(17)14-18(26)22-10-9-15-13-20-11-12-21-15/h3-5,7-8,11-13H,2,6,9-10,14H2,1H3,(H,22,26). The Balaban J connectivity index is 1.70. The zero-order valence-electron chi connectivity index (χ0n) is 15.2. The minimum atomic E-state index is -0.311. The summed E-state index contributed by atoms with van der Waals surface area (Å²) in [5.41, 5.74) is 1.17. The summed E-state index contributed by atoms with van der Waals surface area (Å²) < 4.78 is 2.78. The molecule has 0 aliphatic rings. The van der Waals surface area contributed by atoms with E-state index in [1.807, 2.05) is 37.3 Å². The van der Waals surface area contributed by atoms with Gasteiger partial charge in [0.2, 0.25) is 5.91 Å². The monoisotopic (exact) mass is 366 g/mol. The second-order valence-electron chi connectivity index (χ2n) is 6.08. The maximum Gasteiger partial charge on any atom is 0.351 e. The average Bonchev–Trinajstić information content (AvgIpc) is 2.99. The Labute approximate surface area is 156 Å². The number of hydrogen-bond acceptors (Lipinski definition) is 5. The highest BCUT2D eigenvalue weighted by atomic mass is 16.2. The third-order valence-electron chi connectivity index (χ3n) is 4.04. The molecule has 8 nitrogen and oxygen atoms in total. The summed E-state index contributed by atoms with van der Waals surface area (Å²) in [5.74, 6) is 0.376. The smallest absolute Gasteiger partial charge is 0.351 e. The lowest BCUT2D eigenvalue weighted by atomic mass is 10.3. The normalized spacial score (nSPS) is 10.7. The highest BCUT2D eigenvalue weighted by Crippen LogP contribution is 2.05. The number of carbonyl (C=O) groups is 1. The van der Waals surface area contributed by atoms with Gasteiger partial charge in [-0.2, -0.15) is 4.68 Å². The second-order valence-corrected chi connectivity index (χ2v) is 6.08. The van der Waals surface area contributed by atoms with Crippen LogP contribution < -0.4 is 11.0 Å². The van der Waals surface area contributed by atoms with Crippen molar-refractivity contribution in [1.82, 2.24) is 29.6 Å². The van der Waals surface area contributed by atoms with Gasteiger partial charge in [-0.1, -0.05) is 25.1 Å². The van der Waals surface area contributed by atoms with Gasteiger partial charge < -0.3 is 5.32 Å². The largest absolute Gasteiger partial charge is 0.354 e. The summed E-state index contributed by atoms with van der Waals surface area (Å²) in [7, 11) is 0. The summed E-state index contributed by atoms with van der Waals surface area (Å²) in [6, 6.07) is 9.20. The van der Waals surface area contributed by atoms with Crippen LogP contribution in [0.25, 0.3) is 5.69 Å². The van der Waals surface area contributed by atoms with Crippen molar-refractivity contribution in [2.45, 2.75) is 32.7 Å². The van der Waals surface area contributed by atoms with Crippen molar-refractivity contribution in [2.24, 2.45) is 0 Å². The molecule has 0 atom stereocenters. The number of aryl methyl sites for hydroxylation is 1. The molecule has 0 fully saturated rings. The minimum Gasteiger partial charge on any atom is -0.354 e. The minimum absolute atomic E-state index is 0.0541. The number of nitrogens with zero attached hydrogens (tertiary/aromatic N) is 5. The van der Waals surface area contributed by atoms with Crippen LogP contribution in [-0.4, -0.2) is 36.8 Å². The first-order valence-electron chi connectivity index (χ1n) is 8.94. The third-order valence-corrected chi connectivity index (χ3v) is 4.04. The molecule has 1 N–H and O–H groups in total. The van der Waals surface area contributed by atoms with E-state index in [2.05, 4.69) is 20.4 Å². The number of amides is 1. The van der Waals surface area contributed by atoms with E-state index in [1.54, 1.807) is 18.6 Å². The molecular formula is C19H22N6O2. The lowest BCUT2D eigenvalue weighted by Crippen LogP contribution is -2.34. The molecule has 0 aliphatic heterocycles. The van der Waals surface area contributed by atoms with Crippen molar-refractivity contribution >= 4 is 5.91 Å². The summed E-state index contributed by atoms with van der Waals surface area (Å²) in [5, 5.41) is 7.24. The van der Waals surface area contributed by atoms with Gasteiger partial charge in [0.15, 0.2) is 0 Å². The van der Waals surface area contributed by atoms with Crippen LogP contribution in [-0.2, 0) is 24.2 Å². The first-order chi connectivity index (χ1) is 13.2. The van der Waals surface area contributed by atoms with E-state index in [0.717, 1.165) is 12.1 Å². The van der Waals surface area contributed by atoms with Gasteiger partial charge in [0.1, 0.15) is 12.4 Å². The van der Waals surface area contributed by atoms with Crippen molar-refractivity contribution < 1.29 is 4.79 Å². The Morgan fingerprint density at radius 3 is 2.67 bits per heavy atom. The van der Waals surface area contributed by atoms with E-state index >= 15 is 0 Å². The van der Waals surface area contributed by atoms with Gasteiger partial charge in [-0.25, -0.2) is 4.79 Å². The number of benzene rings is 1. The van der Waals surface area contributed by atoms with E-state index in [1.165, 1.54) is 9.25 Å². The molecule has 0 saturated carbocycles. The van der Waals surface area contributed by atoms with Gasteiger partial charge in [0, 0.05) is 38.0 Å². The summed E-state index contributed by atoms with van der Waals surface area (Å²) >= 11 is 0. The maximum absolute atomic E-state index is 12.8. The van der Waals surface area contributed by atoms with Crippen LogP contribution >= 0.6 is 0 Å². The van der Waals surface area contributed by atoms with Crippen molar-refractivity contribution in [3.63, 3.8) is 0 Å². The Morgan fingerprint density at radius 2 is 1.96 bits per heavy atom. The molecular weight excluding hydrogens is 344 g/mol. The summed E-state index contributed by atoms with van der Waals surface area (Å²) in [4.78, 5) is 33.2. The fraction of sp³-hybridized carbons (Fsp3) is 0.316. The lowest BCUT2D eigenvalue weighted by Gasteiger charge is -2.06. The van der Waals surface area contributed by atoms with E-state index in [9.17, 15) is 9.59 Å². The number of para-hydroxylation sites is 1. The molecule has 0 aliphatic carbocycles. The highest BCUT2D eigenvalue weighted by Gasteiger charge is 2.16. The SMILES string of the molecule is CCCc1nn(-c2ccccc2)c(=O)n1CC(=O)NCCc1cnccn1. The molecule has 8 heteroatoms. The van der Waals surface area contributed by atoms with E-state index in [0.29, 0.717) is 30.9 Å². The molecule has 0 bridgehead atoms. The van der Waals surface area contributed by atoms with E-state index in [4.69, 9.17) is 0 Å². The van der Waals surface area contributed by atoms with Crippen molar-refractivity contribution in [1.29, 1.82) is 0 Å². The van der Waals surface area contributed by atoms with Crippen LogP contribution in [0.4, 0.5) is 0 Å². The maximum atomic E-state index is 12.8. The fourth-order valence-corrected chi connectivity index (χ4v) is 2.73. The second kappa shape index (κ2) is 8.88. The number of carbonyl (C=O) groups excluding carboxylic acids is 1. The van der Waals surface area contributed by atoms with Gasteiger partial charge in [0.25, 0.3) is 0 Å². The van der Waals surface area contributed by atoms with Gasteiger partial charge in [-0.05, 0) is 18.6 Å². The first kappa shape index (κ1) is 18.5. The van der Waals surface area contributed by atoms with Gasteiger partial charge in [-0.15, -0.1) is 5.10 Å². The predicted octanol–water partition coefficient (Wildman–Crippen LogP) is 1.14. The van der Waals surface area contributed by atoms with Gasteiger partial charge in [-0.3, -0.25) is 19.3 Å². The Kier molecular flexibility index (Phi) is 6.09. The van der Waals surface area contributed by atoms with Crippen LogP contribution in [0.1, 0.15) is 24.9 Å². The number of nitrogens with one attached hydrogen (secondary N) is 1. The molecule has 0 radical (unpaired) electrons. The van der Waals surface area contributed by atoms with Crippen molar-refractivity contribution in [3.05, 3.63) is 70.9 Å². The zero-order valence-corrected chi connectivity index (χ0v) is 15.2. The Morgan fingerprint density at radius 1 is 1.15 bits per heavy atom. The van der Waals surface area contributed by atoms with E-state index in [-0.39, 0.29) is 18.1 Å². The molecule has 1 aromatic carbocycles. The quantitative estimate of drug-likeness (QED) is 0.645. The van der Waals surface area contributed by atoms with Gasteiger partial charge in [0.05, 0.1) is 11.4 Å². The van der Waals surface area contributed by atoms with Crippen molar-refractivity contribution in [3.8, 4) is 5.69 Å². The fourth-order valence-electron chi connectivity index (χ4n) is 2.73. The Hall–Kier alpha value is -3.29. The molecule has 3 aromatic rings. The number of aromatic nitrogens is 5. The lowest BCUT2D eigenvalue weighted by molar-refractivity contribution is -0.121. The third kappa shape index (κ3) is 4.66. The Bertz CT molecular complexity index is 934. The zero-order chi connectivity index (χ0) is 19.1. The van der Waals surface area contributed by atoms with Crippen LogP contribution in [0.2, 0.25) is 0 Å². The van der Waals surface area contributed by atoms with Crippen LogP contribution in [0.5, 0.6) is 0 Å². The van der Waals surface area contributed by atoms with Crippen molar-refractivity contribution in [2.75, 3.05) is 6.54 Å². The molecule has 0 spiro atoms. The highest BCUT2D eigenvalue weighted by molar-refractivity contribution is 5.75. The van der Waals surface area contributed by atoms with Crippen LogP contribution in [0.3, 0.4) is 0 Å². The number of hydrogen-bond donors (Lipinski definition) is 1. The molecule has 1 amide bonds. The molecule has 2 aromatic heterocycles. The first-order valence-corrected chi connectivity index (χ1v) is 8.94. The summed E-state index contributed by atoms with van der Waals surface area (Å²) in [6.07, 6.45) is 6.93. The topological polar surface area (TPSA) is 94.7 Å². The van der Waals surface area contributed by atoms with Gasteiger partial charge >= 0.3 is 5.69 Å². The molecule has 27 heavy (non-hydrogen) atoms. The predicted molar refractivity (Wildman–Crippen MR) is 101 cm³/mol. The molecule has 2 heterocycles. The molecule has 140 valence electrons. The van der Waals surface area contributed by atoms with E-state index < -0.39 is 0 Å². The molecule has 0 unspecified atom stereocenters. The van der Waals surface area contributed by atoms with Crippen LogP contribution in [0.15, 0.2) is 53.7 Å². The molecule has 3 rings (SSSR count). The average molecular weight is 366 g/mol. The number of rotatable bonds is 8. The van der Waals surface area contributed by atoms with Crippen LogP contribution in [0, 0.1) is 0 Å². The molecule has 0 saturated heterocycles.